The minimum atomic E-state index is -0.0604. The molecule has 1 aliphatic heterocycles. The first-order chi connectivity index (χ1) is 11.4. The van der Waals surface area contributed by atoms with Crippen molar-refractivity contribution in [2.45, 2.75) is 45.6 Å². The van der Waals surface area contributed by atoms with E-state index in [0.717, 1.165) is 23.2 Å². The van der Waals surface area contributed by atoms with Crippen molar-refractivity contribution in [1.82, 2.24) is 5.32 Å². The highest BCUT2D eigenvalue weighted by Gasteiger charge is 2.28. The fraction of sp³-hybridized carbons (Fsp3) is 0.318. The van der Waals surface area contributed by atoms with Gasteiger partial charge < -0.3 is 5.32 Å². The molecule has 24 heavy (non-hydrogen) atoms. The smallest absolute Gasteiger partial charge is 0.187 e. The number of carbonyl (C=O) groups is 1. The van der Waals surface area contributed by atoms with E-state index in [1.54, 1.807) is 6.08 Å². The molecular weight excluding hydrogens is 294 g/mol. The highest BCUT2D eigenvalue weighted by Crippen LogP contribution is 2.32. The van der Waals surface area contributed by atoms with Crippen LogP contribution in [0.3, 0.4) is 0 Å². The lowest BCUT2D eigenvalue weighted by atomic mass is 9.83. The van der Waals surface area contributed by atoms with Gasteiger partial charge in [-0.1, -0.05) is 56.3 Å². The van der Waals surface area contributed by atoms with E-state index in [1.165, 1.54) is 11.1 Å². The molecule has 0 amide bonds. The van der Waals surface area contributed by atoms with Gasteiger partial charge in [0.15, 0.2) is 5.78 Å². The van der Waals surface area contributed by atoms with E-state index in [4.69, 9.17) is 0 Å². The Hall–Kier alpha value is -2.35. The van der Waals surface area contributed by atoms with Crippen molar-refractivity contribution in [3.63, 3.8) is 0 Å². The normalized spacial score (nSPS) is 17.5. The van der Waals surface area contributed by atoms with Crippen LogP contribution < -0.4 is 5.32 Å². The number of nitrogens with one attached hydrogen (secondary N) is 1. The van der Waals surface area contributed by atoms with Gasteiger partial charge in [0.2, 0.25) is 0 Å². The second kappa shape index (κ2) is 6.27. The van der Waals surface area contributed by atoms with E-state index in [-0.39, 0.29) is 11.3 Å². The van der Waals surface area contributed by atoms with Crippen molar-refractivity contribution in [1.29, 1.82) is 0 Å². The molecule has 0 aromatic heterocycles. The first-order valence-corrected chi connectivity index (χ1v) is 8.58. The Balaban J connectivity index is 2.06. The Morgan fingerprint density at radius 3 is 2.50 bits per heavy atom. The van der Waals surface area contributed by atoms with Crippen LogP contribution in [0.25, 0.3) is 5.70 Å². The lowest BCUT2D eigenvalue weighted by Crippen LogP contribution is -2.43. The van der Waals surface area contributed by atoms with Gasteiger partial charge in [-0.15, -0.1) is 0 Å². The summed E-state index contributed by atoms with van der Waals surface area (Å²) >= 11 is 0. The molecule has 124 valence electrons. The second-order valence-corrected chi connectivity index (χ2v) is 7.55. The van der Waals surface area contributed by atoms with Gasteiger partial charge in [-0.2, -0.15) is 0 Å². The van der Waals surface area contributed by atoms with Crippen LogP contribution in [0.5, 0.6) is 0 Å². The average Bonchev–Trinajstić information content (AvgIpc) is 2.54. The quantitative estimate of drug-likeness (QED) is 0.640. The molecule has 1 aliphatic rings. The summed E-state index contributed by atoms with van der Waals surface area (Å²) in [6, 6.07) is 16.1. The number of hydrogen-bond acceptors (Lipinski definition) is 2. The first kappa shape index (κ1) is 16.5. The van der Waals surface area contributed by atoms with Gasteiger partial charge in [0.25, 0.3) is 0 Å². The molecule has 1 N–H and O–H groups in total. The molecule has 0 aliphatic carbocycles. The van der Waals surface area contributed by atoms with E-state index in [1.807, 2.05) is 30.3 Å². The van der Waals surface area contributed by atoms with E-state index in [2.05, 4.69) is 51.2 Å². The number of benzene rings is 2. The van der Waals surface area contributed by atoms with Crippen molar-refractivity contribution >= 4 is 11.5 Å². The zero-order valence-electron chi connectivity index (χ0n) is 14.9. The molecule has 2 aromatic rings. The number of ketones is 1. The van der Waals surface area contributed by atoms with Crippen molar-refractivity contribution in [3.05, 3.63) is 76.9 Å². The van der Waals surface area contributed by atoms with E-state index >= 15 is 0 Å². The number of allylic oxidation sites excluding steroid dienone is 1. The molecule has 0 saturated heterocycles. The van der Waals surface area contributed by atoms with E-state index in [9.17, 15) is 4.79 Å². The summed E-state index contributed by atoms with van der Waals surface area (Å²) in [5.41, 5.74) is 5.34. The molecule has 3 rings (SSSR count). The second-order valence-electron chi connectivity index (χ2n) is 7.55. The van der Waals surface area contributed by atoms with Gasteiger partial charge in [-0.3, -0.25) is 4.79 Å². The van der Waals surface area contributed by atoms with Gasteiger partial charge in [-0.25, -0.2) is 0 Å². The third-order valence-electron chi connectivity index (χ3n) is 4.53. The molecule has 0 spiro atoms. The molecule has 0 atom stereocenters. The molecular formula is C22H25NO. The van der Waals surface area contributed by atoms with E-state index in [0.29, 0.717) is 5.92 Å². The monoisotopic (exact) mass is 319 g/mol. The SMILES string of the molecule is CC(C)c1ccc2c(c1)C(=CC(=O)c1ccccc1)NC(C)(C)C2. The summed E-state index contributed by atoms with van der Waals surface area (Å²) in [6.07, 6.45) is 2.71. The van der Waals surface area contributed by atoms with Crippen molar-refractivity contribution < 1.29 is 4.79 Å². The Bertz CT molecular complexity index is 785. The predicted octanol–water partition coefficient (Wildman–Crippen LogP) is 4.96. The number of fused-ring (bicyclic) bond motifs is 1. The summed E-state index contributed by atoms with van der Waals surface area (Å²) in [4.78, 5) is 12.6. The molecule has 0 unspecified atom stereocenters. The lowest BCUT2D eigenvalue weighted by Gasteiger charge is -2.36. The maximum Gasteiger partial charge on any atom is 0.187 e. The highest BCUT2D eigenvalue weighted by molar-refractivity contribution is 6.08. The lowest BCUT2D eigenvalue weighted by molar-refractivity contribution is 0.104. The summed E-state index contributed by atoms with van der Waals surface area (Å²) in [6.45, 7) is 8.74. The van der Waals surface area contributed by atoms with Crippen molar-refractivity contribution in [2.75, 3.05) is 0 Å². The summed E-state index contributed by atoms with van der Waals surface area (Å²) in [5, 5.41) is 3.56. The molecule has 0 bridgehead atoms. The number of rotatable bonds is 3. The Morgan fingerprint density at radius 1 is 1.12 bits per heavy atom. The summed E-state index contributed by atoms with van der Waals surface area (Å²) < 4.78 is 0. The van der Waals surface area contributed by atoms with Crippen molar-refractivity contribution in [2.24, 2.45) is 0 Å². The van der Waals surface area contributed by atoms with Crippen LogP contribution in [0.15, 0.2) is 54.6 Å². The maximum absolute atomic E-state index is 12.6. The fourth-order valence-electron chi connectivity index (χ4n) is 3.24. The molecule has 0 saturated carbocycles. The molecule has 2 nitrogen and oxygen atoms in total. The maximum atomic E-state index is 12.6. The summed E-state index contributed by atoms with van der Waals surface area (Å²) in [7, 11) is 0. The number of hydrogen-bond donors (Lipinski definition) is 1. The molecule has 1 heterocycles. The van der Waals surface area contributed by atoms with Gasteiger partial charge in [0.1, 0.15) is 0 Å². The average molecular weight is 319 g/mol. The summed E-state index contributed by atoms with van der Waals surface area (Å²) in [5.74, 6) is 0.507. The standard InChI is InChI=1S/C22H25NO/c1-15(2)17-10-11-18-14-22(3,4)23-20(19(18)12-17)13-21(24)16-8-6-5-7-9-16/h5-13,15,23H,14H2,1-4H3. The largest absolute Gasteiger partial charge is 0.379 e. The predicted molar refractivity (Wildman–Crippen MR) is 100 cm³/mol. The van der Waals surface area contributed by atoms with Crippen LogP contribution in [-0.4, -0.2) is 11.3 Å². The van der Waals surface area contributed by atoms with Crippen LogP contribution in [-0.2, 0) is 6.42 Å². The van der Waals surface area contributed by atoms with Crippen molar-refractivity contribution in [3.8, 4) is 0 Å². The molecule has 0 radical (unpaired) electrons. The Kier molecular flexibility index (Phi) is 4.31. The minimum absolute atomic E-state index is 0.0386. The van der Waals surface area contributed by atoms with Gasteiger partial charge >= 0.3 is 0 Å². The first-order valence-electron chi connectivity index (χ1n) is 8.58. The zero-order valence-corrected chi connectivity index (χ0v) is 14.9. The Labute approximate surface area is 144 Å². The fourth-order valence-corrected chi connectivity index (χ4v) is 3.24. The third kappa shape index (κ3) is 3.43. The van der Waals surface area contributed by atoms with Crippen LogP contribution in [0, 0.1) is 0 Å². The van der Waals surface area contributed by atoms with Gasteiger partial charge in [0, 0.05) is 28.4 Å². The number of carbonyl (C=O) groups excluding carboxylic acids is 1. The van der Waals surface area contributed by atoms with E-state index < -0.39 is 0 Å². The molecule has 0 fully saturated rings. The zero-order chi connectivity index (χ0) is 17.3. The van der Waals surface area contributed by atoms with Crippen LogP contribution in [0.4, 0.5) is 0 Å². The topological polar surface area (TPSA) is 29.1 Å². The molecule has 2 heteroatoms. The van der Waals surface area contributed by atoms with Crippen LogP contribution in [0.2, 0.25) is 0 Å². The van der Waals surface area contributed by atoms with Crippen LogP contribution >= 0.6 is 0 Å². The minimum Gasteiger partial charge on any atom is -0.379 e. The van der Waals surface area contributed by atoms with Crippen LogP contribution in [0.1, 0.15) is 60.7 Å². The molecule has 2 aromatic carbocycles. The third-order valence-corrected chi connectivity index (χ3v) is 4.53. The Morgan fingerprint density at radius 2 is 1.83 bits per heavy atom. The van der Waals surface area contributed by atoms with Gasteiger partial charge in [0.05, 0.1) is 0 Å². The highest BCUT2D eigenvalue weighted by atomic mass is 16.1. The van der Waals surface area contributed by atoms with Gasteiger partial charge in [-0.05, 0) is 43.4 Å².